The Balaban J connectivity index is 1.48. The van der Waals surface area contributed by atoms with Crippen molar-refractivity contribution in [3.05, 3.63) is 53.5 Å². The average Bonchev–Trinajstić information content (AvgIpc) is 2.97. The molecule has 0 unspecified atom stereocenters. The Hall–Kier alpha value is -2.70. The highest BCUT2D eigenvalue weighted by Gasteiger charge is 2.49. The third-order valence-corrected chi connectivity index (χ3v) is 6.16. The van der Waals surface area contributed by atoms with Crippen molar-refractivity contribution in [1.29, 1.82) is 0 Å². The van der Waals surface area contributed by atoms with E-state index in [1.807, 2.05) is 0 Å². The van der Waals surface area contributed by atoms with Crippen molar-refractivity contribution in [1.82, 2.24) is 9.97 Å². The number of Topliss-reactive ketones (excluding diaryl/α,β-unsaturated/α-hetero) is 1. The van der Waals surface area contributed by atoms with Crippen molar-refractivity contribution in [2.75, 3.05) is 11.4 Å². The van der Waals surface area contributed by atoms with Gasteiger partial charge < -0.3 is 0 Å². The average molecular weight is 399 g/mol. The van der Waals surface area contributed by atoms with Gasteiger partial charge in [0.05, 0.1) is 5.41 Å². The summed E-state index contributed by atoms with van der Waals surface area (Å²) < 4.78 is 26.9. The second kappa shape index (κ2) is 7.61. The number of hydrogen-bond acceptors (Lipinski definition) is 4. The third-order valence-electron chi connectivity index (χ3n) is 6.16. The molecule has 0 N–H and O–H groups in total. The fraction of sp³-hybridized carbons (Fsp3) is 0.455. The van der Waals surface area contributed by atoms with Crippen molar-refractivity contribution in [3.63, 3.8) is 0 Å². The van der Waals surface area contributed by atoms with E-state index in [0.717, 1.165) is 43.9 Å². The number of carbonyl (C=O) groups excluding carboxylic acids is 2. The lowest BCUT2D eigenvalue weighted by Crippen LogP contribution is -2.39. The van der Waals surface area contributed by atoms with Crippen LogP contribution in [0.2, 0.25) is 0 Å². The summed E-state index contributed by atoms with van der Waals surface area (Å²) >= 11 is 0. The summed E-state index contributed by atoms with van der Waals surface area (Å²) in [5.41, 5.74) is -0.423. The van der Waals surface area contributed by atoms with Crippen molar-refractivity contribution in [2.24, 2.45) is 11.3 Å². The molecule has 2 fully saturated rings. The lowest BCUT2D eigenvalue weighted by atomic mass is 9.67. The number of nitrogens with zero attached hydrogens (tertiary/aromatic N) is 3. The zero-order chi connectivity index (χ0) is 20.6. The van der Waals surface area contributed by atoms with Crippen LogP contribution < -0.4 is 4.90 Å². The van der Waals surface area contributed by atoms with Crippen LogP contribution in [0.25, 0.3) is 0 Å². The van der Waals surface area contributed by atoms with Crippen LogP contribution in [0.3, 0.4) is 0 Å². The van der Waals surface area contributed by atoms with Crippen molar-refractivity contribution < 1.29 is 18.4 Å². The van der Waals surface area contributed by atoms with Gasteiger partial charge in [-0.3, -0.25) is 14.5 Å². The molecule has 2 heterocycles. The molecule has 7 heteroatoms. The summed E-state index contributed by atoms with van der Waals surface area (Å²) in [6, 6.07) is 4.65. The molecule has 1 saturated heterocycles. The number of carbonyl (C=O) groups is 2. The van der Waals surface area contributed by atoms with Crippen LogP contribution in [0.5, 0.6) is 0 Å². The van der Waals surface area contributed by atoms with Gasteiger partial charge in [0, 0.05) is 30.8 Å². The highest BCUT2D eigenvalue weighted by Crippen LogP contribution is 2.48. The molecule has 0 radical (unpaired) electrons. The van der Waals surface area contributed by atoms with Gasteiger partial charge in [0.25, 0.3) is 0 Å². The van der Waals surface area contributed by atoms with Gasteiger partial charge in [0.15, 0.2) is 5.78 Å². The molecule has 2 aromatic rings. The van der Waals surface area contributed by atoms with Crippen molar-refractivity contribution >= 4 is 17.5 Å². The lowest BCUT2D eigenvalue weighted by molar-refractivity contribution is -0.128. The molecule has 2 atom stereocenters. The van der Waals surface area contributed by atoms with Gasteiger partial charge in [-0.2, -0.15) is 0 Å². The number of rotatable bonds is 4. The van der Waals surface area contributed by atoms with E-state index in [1.165, 1.54) is 0 Å². The maximum atomic E-state index is 13.4. The topological polar surface area (TPSA) is 63.2 Å². The molecule has 1 aliphatic carbocycles. The maximum Gasteiger partial charge on any atom is 0.234 e. The fourth-order valence-corrected chi connectivity index (χ4v) is 4.81. The summed E-state index contributed by atoms with van der Waals surface area (Å²) in [7, 11) is 0. The van der Waals surface area contributed by atoms with E-state index in [2.05, 4.69) is 9.97 Å². The van der Waals surface area contributed by atoms with Crippen molar-refractivity contribution in [3.8, 4) is 0 Å². The van der Waals surface area contributed by atoms with Crippen molar-refractivity contribution in [2.45, 2.75) is 45.4 Å². The molecule has 29 heavy (non-hydrogen) atoms. The highest BCUT2D eigenvalue weighted by atomic mass is 19.1. The number of amides is 1. The van der Waals surface area contributed by atoms with Crippen LogP contribution in [0.4, 0.5) is 14.6 Å². The molecule has 152 valence electrons. The summed E-state index contributed by atoms with van der Waals surface area (Å²) in [5.74, 6) is -0.466. The first kappa shape index (κ1) is 19.6. The van der Waals surface area contributed by atoms with Crippen LogP contribution in [0.15, 0.2) is 30.5 Å². The molecule has 4 rings (SSSR count). The minimum atomic E-state index is -0.754. The molecule has 1 saturated carbocycles. The molecule has 1 aliphatic heterocycles. The minimum Gasteiger partial charge on any atom is -0.296 e. The Kier molecular flexibility index (Phi) is 5.15. The van der Waals surface area contributed by atoms with E-state index in [1.54, 1.807) is 24.1 Å². The Morgan fingerprint density at radius 1 is 1.24 bits per heavy atom. The normalized spacial score (nSPS) is 24.3. The van der Waals surface area contributed by atoms with Crippen LogP contribution in [0, 0.1) is 29.9 Å². The van der Waals surface area contributed by atoms with Crippen LogP contribution in [-0.2, 0) is 4.79 Å². The van der Waals surface area contributed by atoms with Gasteiger partial charge in [0.1, 0.15) is 23.3 Å². The van der Waals surface area contributed by atoms with E-state index in [0.29, 0.717) is 24.6 Å². The van der Waals surface area contributed by atoms with Crippen LogP contribution in [0.1, 0.15) is 54.7 Å². The Morgan fingerprint density at radius 3 is 2.72 bits per heavy atom. The maximum absolute atomic E-state index is 13.4. The first-order valence-electron chi connectivity index (χ1n) is 9.97. The fourth-order valence-electron chi connectivity index (χ4n) is 4.81. The van der Waals surface area contributed by atoms with Crippen LogP contribution >= 0.6 is 0 Å². The number of anilines is 1. The first-order valence-corrected chi connectivity index (χ1v) is 9.97. The Bertz CT molecular complexity index is 945. The first-order chi connectivity index (χ1) is 13.9. The molecule has 1 aromatic carbocycles. The number of hydrogen-bond donors (Lipinski definition) is 0. The Labute approximate surface area is 168 Å². The second-order valence-electron chi connectivity index (χ2n) is 8.20. The van der Waals surface area contributed by atoms with Gasteiger partial charge in [-0.15, -0.1) is 0 Å². The van der Waals surface area contributed by atoms with Gasteiger partial charge in [-0.25, -0.2) is 18.7 Å². The molecule has 1 aromatic heterocycles. The summed E-state index contributed by atoms with van der Waals surface area (Å²) in [4.78, 5) is 36.0. The zero-order valence-electron chi connectivity index (χ0n) is 16.3. The quantitative estimate of drug-likeness (QED) is 0.721. The Morgan fingerprint density at radius 2 is 2.00 bits per heavy atom. The summed E-state index contributed by atoms with van der Waals surface area (Å²) in [6.45, 7) is 2.39. The molecule has 1 amide bonds. The number of benzene rings is 1. The smallest absolute Gasteiger partial charge is 0.234 e. The van der Waals surface area contributed by atoms with E-state index >= 15 is 0 Å². The zero-order valence-corrected chi connectivity index (χ0v) is 16.3. The van der Waals surface area contributed by atoms with Gasteiger partial charge in [0.2, 0.25) is 5.91 Å². The van der Waals surface area contributed by atoms with E-state index in [-0.39, 0.29) is 29.6 Å². The third kappa shape index (κ3) is 3.91. The number of aromatic nitrogens is 2. The number of ketones is 1. The summed E-state index contributed by atoms with van der Waals surface area (Å²) in [5, 5.41) is 0. The van der Waals surface area contributed by atoms with E-state index in [4.69, 9.17) is 0 Å². The van der Waals surface area contributed by atoms with Crippen LogP contribution in [-0.4, -0.2) is 28.2 Å². The standard InChI is InChI=1S/C22H23F2N3O2/c1-14-25-7-4-20(26-14)27-8-6-22(21(27)29)5-2-3-15(13-22)9-19(28)16-10-17(23)12-18(24)11-16/h4,7,10-12,15H,2-3,5-6,8-9,13H2,1H3/t15-,22+/m1/s1. The molecule has 5 nitrogen and oxygen atoms in total. The summed E-state index contributed by atoms with van der Waals surface area (Å²) in [6.07, 6.45) is 5.69. The van der Waals surface area contributed by atoms with Gasteiger partial charge >= 0.3 is 0 Å². The second-order valence-corrected chi connectivity index (χ2v) is 8.20. The van der Waals surface area contributed by atoms with E-state index in [9.17, 15) is 18.4 Å². The monoisotopic (exact) mass is 399 g/mol. The predicted molar refractivity (Wildman–Crippen MR) is 103 cm³/mol. The molecule has 0 bridgehead atoms. The molecule has 1 spiro atoms. The highest BCUT2D eigenvalue weighted by molar-refractivity contribution is 5.99. The van der Waals surface area contributed by atoms with Gasteiger partial charge in [-0.05, 0) is 56.7 Å². The SMILES string of the molecule is Cc1nccc(N2CC[C@]3(CCC[C@H](CC(=O)c4cc(F)cc(F)c4)C3)C2=O)n1. The molecular formula is C22H23F2N3O2. The number of halogens is 2. The van der Waals surface area contributed by atoms with Gasteiger partial charge in [-0.1, -0.05) is 6.42 Å². The molecular weight excluding hydrogens is 376 g/mol. The number of aryl methyl sites for hydroxylation is 1. The largest absolute Gasteiger partial charge is 0.296 e. The molecule has 2 aliphatic rings. The minimum absolute atomic E-state index is 0.0265. The van der Waals surface area contributed by atoms with E-state index < -0.39 is 17.0 Å². The predicted octanol–water partition coefficient (Wildman–Crippen LogP) is 4.25. The lowest BCUT2D eigenvalue weighted by Gasteiger charge is -2.36.